The molecule has 0 aliphatic carbocycles. The zero-order chi connectivity index (χ0) is 21.2. The van der Waals surface area contributed by atoms with Crippen molar-refractivity contribution < 1.29 is 38.9 Å². The average molecular weight is 426 g/mol. The first-order valence-electron chi connectivity index (χ1n) is 7.38. The maximum absolute atomic E-state index is 13.1. The molecule has 0 atom stereocenters. The van der Waals surface area contributed by atoms with E-state index in [1.807, 2.05) is 0 Å². The normalized spacial score (nSPS) is 13.3. The van der Waals surface area contributed by atoms with Gasteiger partial charge in [0.2, 0.25) is 0 Å². The summed E-state index contributed by atoms with van der Waals surface area (Å²) in [5.74, 6) is -2.19. The van der Waals surface area contributed by atoms with Gasteiger partial charge in [-0.2, -0.15) is 34.8 Å². The van der Waals surface area contributed by atoms with Crippen molar-refractivity contribution in [3.05, 3.63) is 59.7 Å². The Labute approximate surface area is 155 Å². The van der Waals surface area contributed by atoms with Crippen molar-refractivity contribution in [2.75, 3.05) is 5.43 Å². The molecule has 5 nitrogen and oxygen atoms in total. The number of alkyl halides is 6. The second-order valence-electron chi connectivity index (χ2n) is 5.46. The van der Waals surface area contributed by atoms with Gasteiger partial charge >= 0.3 is 28.4 Å². The van der Waals surface area contributed by atoms with Gasteiger partial charge in [-0.05, 0) is 37.3 Å². The van der Waals surface area contributed by atoms with Gasteiger partial charge in [-0.3, -0.25) is 5.43 Å². The standard InChI is InChI=1S/C16H12F6N2O3S/c1-10-5-7-13(8-6-10)28(25,26)27-14(16(20,21)22)24-23-12-4-2-3-11(9-12)15(17,18)19/h2-9,23H,1H3. The molecule has 2 aromatic carbocycles. The molecule has 0 aromatic heterocycles. The van der Waals surface area contributed by atoms with E-state index < -0.39 is 44.5 Å². The fraction of sp³-hybridized carbons (Fsp3) is 0.188. The van der Waals surface area contributed by atoms with E-state index in [1.165, 1.54) is 12.1 Å². The van der Waals surface area contributed by atoms with Crippen LogP contribution >= 0.6 is 0 Å². The molecule has 0 aliphatic rings. The predicted molar refractivity (Wildman–Crippen MR) is 88.0 cm³/mol. The average Bonchev–Trinajstić information content (AvgIpc) is 2.57. The van der Waals surface area contributed by atoms with Gasteiger partial charge in [-0.1, -0.05) is 23.8 Å². The van der Waals surface area contributed by atoms with Crippen molar-refractivity contribution in [1.29, 1.82) is 0 Å². The van der Waals surface area contributed by atoms with E-state index in [-0.39, 0.29) is 0 Å². The monoisotopic (exact) mass is 426 g/mol. The Bertz CT molecular complexity index is 967. The van der Waals surface area contributed by atoms with Crippen LogP contribution in [0, 0.1) is 6.92 Å². The third-order valence-corrected chi connectivity index (χ3v) is 4.44. The maximum atomic E-state index is 13.1. The van der Waals surface area contributed by atoms with Crippen LogP contribution in [-0.2, 0) is 20.5 Å². The lowest BCUT2D eigenvalue weighted by Crippen LogP contribution is -2.29. The molecule has 152 valence electrons. The van der Waals surface area contributed by atoms with Crippen molar-refractivity contribution in [3.8, 4) is 0 Å². The number of hydrogen-bond donors (Lipinski definition) is 1. The molecule has 0 fully saturated rings. The number of hydrazone groups is 1. The predicted octanol–water partition coefficient (Wildman–Crippen LogP) is 4.71. The van der Waals surface area contributed by atoms with Gasteiger partial charge in [-0.15, -0.1) is 5.10 Å². The lowest BCUT2D eigenvalue weighted by atomic mass is 10.2. The van der Waals surface area contributed by atoms with Crippen LogP contribution in [0.4, 0.5) is 32.0 Å². The van der Waals surface area contributed by atoms with Gasteiger partial charge in [0.1, 0.15) is 4.90 Å². The Hall–Kier alpha value is -2.76. The minimum absolute atomic E-state index is 0.451. The molecule has 0 bridgehead atoms. The molecule has 2 aromatic rings. The third kappa shape index (κ3) is 5.62. The molecule has 0 amide bonds. The highest BCUT2D eigenvalue weighted by atomic mass is 32.2. The number of halogens is 6. The fourth-order valence-electron chi connectivity index (χ4n) is 1.87. The van der Waals surface area contributed by atoms with E-state index in [0.717, 1.165) is 24.3 Å². The molecule has 0 unspecified atom stereocenters. The van der Waals surface area contributed by atoms with Gasteiger partial charge in [0, 0.05) is 0 Å². The minimum Gasteiger partial charge on any atom is -0.351 e. The van der Waals surface area contributed by atoms with Crippen molar-refractivity contribution in [2.45, 2.75) is 24.2 Å². The lowest BCUT2D eigenvalue weighted by Gasteiger charge is -2.13. The second-order valence-corrected chi connectivity index (χ2v) is 7.00. The lowest BCUT2D eigenvalue weighted by molar-refractivity contribution is -0.137. The van der Waals surface area contributed by atoms with Crippen LogP contribution in [0.5, 0.6) is 0 Å². The number of anilines is 1. The first kappa shape index (κ1) is 21.5. The molecule has 0 aliphatic heterocycles. The topological polar surface area (TPSA) is 67.8 Å². The summed E-state index contributed by atoms with van der Waals surface area (Å²) in [5, 5.41) is 2.79. The summed E-state index contributed by atoms with van der Waals surface area (Å²) in [6.07, 6.45) is -10.0. The van der Waals surface area contributed by atoms with E-state index in [9.17, 15) is 34.8 Å². The Morgan fingerprint density at radius 2 is 1.61 bits per heavy atom. The molecular formula is C16H12F6N2O3S. The molecule has 0 saturated heterocycles. The fourth-order valence-corrected chi connectivity index (χ4v) is 2.77. The van der Waals surface area contributed by atoms with Gasteiger partial charge in [0.25, 0.3) is 0 Å². The SMILES string of the molecule is Cc1ccc(S(=O)(=O)OC(=NNc2cccc(C(F)(F)F)c2)C(F)(F)F)cc1. The van der Waals surface area contributed by atoms with Crippen molar-refractivity contribution in [1.82, 2.24) is 0 Å². The zero-order valence-corrected chi connectivity index (χ0v) is 14.8. The van der Waals surface area contributed by atoms with Crippen LogP contribution in [0.25, 0.3) is 0 Å². The van der Waals surface area contributed by atoms with Crippen LogP contribution in [0.3, 0.4) is 0 Å². The number of nitrogens with one attached hydrogen (secondary N) is 1. The summed E-state index contributed by atoms with van der Waals surface area (Å²) in [6, 6.07) is 7.95. The summed E-state index contributed by atoms with van der Waals surface area (Å²) in [6.45, 7) is 1.64. The largest absolute Gasteiger partial charge is 0.471 e. The highest BCUT2D eigenvalue weighted by Crippen LogP contribution is 2.31. The molecule has 0 spiro atoms. The third-order valence-electron chi connectivity index (χ3n) is 3.22. The quantitative estimate of drug-likeness (QED) is 0.253. The molecule has 0 heterocycles. The molecule has 28 heavy (non-hydrogen) atoms. The molecule has 12 heteroatoms. The number of aryl methyl sites for hydroxylation is 1. The summed E-state index contributed by atoms with van der Waals surface area (Å²) in [7, 11) is -4.87. The molecule has 2 rings (SSSR count). The number of benzene rings is 2. The molecule has 0 radical (unpaired) electrons. The van der Waals surface area contributed by atoms with E-state index in [0.29, 0.717) is 17.7 Å². The summed E-state index contributed by atoms with van der Waals surface area (Å²) in [5.41, 5.74) is 0.806. The van der Waals surface area contributed by atoms with Gasteiger partial charge < -0.3 is 4.18 Å². The molecule has 0 saturated carbocycles. The first-order valence-corrected chi connectivity index (χ1v) is 8.79. The van der Waals surface area contributed by atoms with E-state index in [2.05, 4.69) is 9.28 Å². The molecular weight excluding hydrogens is 414 g/mol. The highest BCUT2D eigenvalue weighted by molar-refractivity contribution is 7.87. The summed E-state index contributed by atoms with van der Waals surface area (Å²) < 4.78 is 105. The van der Waals surface area contributed by atoms with Gasteiger partial charge in [0.15, 0.2) is 0 Å². The van der Waals surface area contributed by atoms with Crippen molar-refractivity contribution in [2.24, 2.45) is 5.10 Å². The Morgan fingerprint density at radius 3 is 2.14 bits per heavy atom. The van der Waals surface area contributed by atoms with E-state index >= 15 is 0 Å². The summed E-state index contributed by atoms with van der Waals surface area (Å²) >= 11 is 0. The summed E-state index contributed by atoms with van der Waals surface area (Å²) in [4.78, 5) is -0.547. The first-order chi connectivity index (χ1) is 12.8. The van der Waals surface area contributed by atoms with Crippen molar-refractivity contribution >= 4 is 21.7 Å². The number of nitrogens with zero attached hydrogens (tertiary/aromatic N) is 1. The van der Waals surface area contributed by atoms with E-state index in [4.69, 9.17) is 0 Å². The Kier molecular flexibility index (Phi) is 5.92. The van der Waals surface area contributed by atoms with Crippen molar-refractivity contribution in [3.63, 3.8) is 0 Å². The van der Waals surface area contributed by atoms with Crippen LogP contribution in [0.1, 0.15) is 11.1 Å². The zero-order valence-electron chi connectivity index (χ0n) is 14.0. The number of rotatable bonds is 4. The Morgan fingerprint density at radius 1 is 1.00 bits per heavy atom. The van der Waals surface area contributed by atoms with Crippen LogP contribution < -0.4 is 5.43 Å². The maximum Gasteiger partial charge on any atom is 0.471 e. The van der Waals surface area contributed by atoms with E-state index in [1.54, 1.807) is 12.3 Å². The second kappa shape index (κ2) is 7.70. The van der Waals surface area contributed by atoms with Crippen LogP contribution in [0.2, 0.25) is 0 Å². The highest BCUT2D eigenvalue weighted by Gasteiger charge is 2.42. The van der Waals surface area contributed by atoms with Crippen LogP contribution in [-0.4, -0.2) is 20.5 Å². The van der Waals surface area contributed by atoms with Crippen LogP contribution in [0.15, 0.2) is 58.5 Å². The smallest absolute Gasteiger partial charge is 0.351 e. The number of hydrogen-bond acceptors (Lipinski definition) is 5. The molecule has 1 N–H and O–H groups in total. The Balaban J connectivity index is 2.31. The minimum atomic E-state index is -5.33. The van der Waals surface area contributed by atoms with Gasteiger partial charge in [0.05, 0.1) is 11.3 Å². The van der Waals surface area contributed by atoms with Gasteiger partial charge in [-0.25, -0.2) is 0 Å².